The molecule has 4 heteroatoms. The van der Waals surface area contributed by atoms with Crippen molar-refractivity contribution in [1.29, 1.82) is 0 Å². The molecule has 2 unspecified atom stereocenters. The van der Waals surface area contributed by atoms with Gasteiger partial charge in [-0.05, 0) is 38.8 Å². The molecule has 0 amide bonds. The van der Waals surface area contributed by atoms with Gasteiger partial charge in [-0.2, -0.15) is 0 Å². The topological polar surface area (TPSA) is 41.6 Å². The molecule has 2 heterocycles. The van der Waals surface area contributed by atoms with Gasteiger partial charge in [-0.3, -0.25) is 4.90 Å². The molecule has 0 aromatic rings. The Labute approximate surface area is 103 Å². The first-order chi connectivity index (χ1) is 8.31. The number of rotatable bonds is 4. The van der Waals surface area contributed by atoms with Crippen molar-refractivity contribution in [1.82, 2.24) is 10.2 Å². The van der Waals surface area contributed by atoms with Gasteiger partial charge in [0.05, 0.1) is 6.61 Å². The molecule has 4 nitrogen and oxygen atoms in total. The Hall–Kier alpha value is -0.870. The van der Waals surface area contributed by atoms with Gasteiger partial charge in [0, 0.05) is 25.2 Å². The maximum Gasteiger partial charge on any atom is 0.330 e. The zero-order valence-corrected chi connectivity index (χ0v) is 10.5. The molecule has 2 atom stereocenters. The van der Waals surface area contributed by atoms with Crippen LogP contribution in [0.4, 0.5) is 0 Å². The second-order valence-corrected chi connectivity index (χ2v) is 4.78. The number of esters is 1. The van der Waals surface area contributed by atoms with Crippen LogP contribution in [0.3, 0.4) is 0 Å². The fraction of sp³-hybridized carbons (Fsp3) is 0.769. The Morgan fingerprint density at radius 2 is 2.41 bits per heavy atom. The number of nitrogens with zero attached hydrogens (tertiary/aromatic N) is 1. The van der Waals surface area contributed by atoms with Gasteiger partial charge in [-0.15, -0.1) is 0 Å². The third-order valence-corrected chi connectivity index (χ3v) is 3.67. The van der Waals surface area contributed by atoms with E-state index < -0.39 is 0 Å². The number of carbonyl (C=O) groups is 1. The van der Waals surface area contributed by atoms with Crippen molar-refractivity contribution < 1.29 is 9.53 Å². The normalized spacial score (nSPS) is 29.5. The van der Waals surface area contributed by atoms with Gasteiger partial charge in [0.15, 0.2) is 0 Å². The Morgan fingerprint density at radius 1 is 1.53 bits per heavy atom. The predicted molar refractivity (Wildman–Crippen MR) is 66.7 cm³/mol. The first kappa shape index (κ1) is 12.6. The Bertz CT molecular complexity index is 291. The number of fused-ring (bicyclic) bond motifs is 1. The van der Waals surface area contributed by atoms with E-state index in [0.717, 1.165) is 32.1 Å². The lowest BCUT2D eigenvalue weighted by Gasteiger charge is -2.36. The first-order valence-electron chi connectivity index (χ1n) is 6.59. The summed E-state index contributed by atoms with van der Waals surface area (Å²) >= 11 is 0. The molecule has 2 rings (SSSR count). The minimum atomic E-state index is -0.231. The van der Waals surface area contributed by atoms with Gasteiger partial charge in [0.1, 0.15) is 0 Å². The van der Waals surface area contributed by atoms with Crippen LogP contribution in [0.2, 0.25) is 0 Å². The molecule has 17 heavy (non-hydrogen) atoms. The molecule has 0 aromatic carbocycles. The summed E-state index contributed by atoms with van der Waals surface area (Å²) in [5.74, 6) is 0.574. The average molecular weight is 238 g/mol. The third-order valence-electron chi connectivity index (χ3n) is 3.67. The maximum absolute atomic E-state index is 11.2. The SMILES string of the molecule is CCOC(=O)/C=C/CN1CCCC2CNCC21. The quantitative estimate of drug-likeness (QED) is 0.581. The maximum atomic E-state index is 11.2. The molecule has 1 N–H and O–H groups in total. The van der Waals surface area contributed by atoms with Gasteiger partial charge in [-0.1, -0.05) is 6.08 Å². The molecule has 2 aliphatic rings. The fourth-order valence-corrected chi connectivity index (χ4v) is 2.86. The third kappa shape index (κ3) is 3.30. The van der Waals surface area contributed by atoms with Gasteiger partial charge >= 0.3 is 5.97 Å². The second-order valence-electron chi connectivity index (χ2n) is 4.78. The van der Waals surface area contributed by atoms with Gasteiger partial charge in [0.25, 0.3) is 0 Å². The second kappa shape index (κ2) is 6.17. The Kier molecular flexibility index (Phi) is 4.57. The van der Waals surface area contributed by atoms with E-state index in [1.54, 1.807) is 6.08 Å². The molecular formula is C13H22N2O2. The summed E-state index contributed by atoms with van der Waals surface area (Å²) in [7, 11) is 0. The highest BCUT2D eigenvalue weighted by atomic mass is 16.5. The summed E-state index contributed by atoms with van der Waals surface area (Å²) in [6, 6.07) is 0.663. The van der Waals surface area contributed by atoms with Crippen molar-refractivity contribution >= 4 is 5.97 Å². The van der Waals surface area contributed by atoms with Crippen LogP contribution in [0.1, 0.15) is 19.8 Å². The minimum Gasteiger partial charge on any atom is -0.463 e. The largest absolute Gasteiger partial charge is 0.463 e. The van der Waals surface area contributed by atoms with E-state index in [9.17, 15) is 4.79 Å². The zero-order valence-electron chi connectivity index (χ0n) is 10.5. The van der Waals surface area contributed by atoms with Crippen molar-refractivity contribution in [2.75, 3.05) is 32.8 Å². The molecule has 0 aliphatic carbocycles. The zero-order chi connectivity index (χ0) is 12.1. The molecule has 0 bridgehead atoms. The van der Waals surface area contributed by atoms with E-state index >= 15 is 0 Å². The highest BCUT2D eigenvalue weighted by molar-refractivity contribution is 5.81. The number of piperidine rings is 1. The fourth-order valence-electron chi connectivity index (χ4n) is 2.86. The van der Waals surface area contributed by atoms with Crippen LogP contribution in [0.5, 0.6) is 0 Å². The molecule has 2 aliphatic heterocycles. The average Bonchev–Trinajstić information content (AvgIpc) is 2.78. The molecular weight excluding hydrogens is 216 g/mol. The lowest BCUT2D eigenvalue weighted by atomic mass is 9.92. The Balaban J connectivity index is 1.80. The molecule has 96 valence electrons. The highest BCUT2D eigenvalue weighted by Crippen LogP contribution is 2.25. The van der Waals surface area contributed by atoms with Gasteiger partial charge in [0.2, 0.25) is 0 Å². The Morgan fingerprint density at radius 3 is 3.24 bits per heavy atom. The number of carbonyl (C=O) groups excluding carboxylic acids is 1. The number of likely N-dealkylation sites (tertiary alicyclic amines) is 1. The summed E-state index contributed by atoms with van der Waals surface area (Å²) in [5, 5.41) is 3.46. The van der Waals surface area contributed by atoms with E-state index in [1.807, 2.05) is 13.0 Å². The number of nitrogens with one attached hydrogen (secondary N) is 1. The highest BCUT2D eigenvalue weighted by Gasteiger charge is 2.33. The van der Waals surface area contributed by atoms with Crippen LogP contribution >= 0.6 is 0 Å². The van der Waals surface area contributed by atoms with Crippen LogP contribution in [0.25, 0.3) is 0 Å². The van der Waals surface area contributed by atoms with E-state index in [2.05, 4.69) is 10.2 Å². The summed E-state index contributed by atoms with van der Waals surface area (Å²) in [4.78, 5) is 13.6. The van der Waals surface area contributed by atoms with E-state index in [4.69, 9.17) is 4.74 Å². The smallest absolute Gasteiger partial charge is 0.330 e. The van der Waals surface area contributed by atoms with Crippen molar-refractivity contribution in [2.24, 2.45) is 5.92 Å². The standard InChI is InChI=1S/C13H22N2O2/c1-2-17-13(16)6-4-8-15-7-3-5-11-9-14-10-12(11)15/h4,6,11-12,14H,2-3,5,7-10H2,1H3/b6-4+. The summed E-state index contributed by atoms with van der Waals surface area (Å²) in [6.07, 6.45) is 6.10. The van der Waals surface area contributed by atoms with E-state index in [1.165, 1.54) is 12.8 Å². The van der Waals surface area contributed by atoms with Crippen LogP contribution in [-0.4, -0.2) is 49.7 Å². The van der Waals surface area contributed by atoms with E-state index in [0.29, 0.717) is 12.6 Å². The van der Waals surface area contributed by atoms with Crippen LogP contribution in [0, 0.1) is 5.92 Å². The van der Waals surface area contributed by atoms with Gasteiger partial charge < -0.3 is 10.1 Å². The molecule has 0 saturated carbocycles. The van der Waals surface area contributed by atoms with Crippen LogP contribution in [0.15, 0.2) is 12.2 Å². The van der Waals surface area contributed by atoms with E-state index in [-0.39, 0.29) is 5.97 Å². The predicted octanol–water partition coefficient (Wildman–Crippen LogP) is 0.790. The number of ether oxygens (including phenoxy) is 1. The van der Waals surface area contributed by atoms with Crippen molar-refractivity contribution in [3.05, 3.63) is 12.2 Å². The molecule has 2 fully saturated rings. The molecule has 2 saturated heterocycles. The van der Waals surface area contributed by atoms with Crippen LogP contribution < -0.4 is 5.32 Å². The minimum absolute atomic E-state index is 0.231. The monoisotopic (exact) mass is 238 g/mol. The first-order valence-corrected chi connectivity index (χ1v) is 6.59. The van der Waals surface area contributed by atoms with Gasteiger partial charge in [-0.25, -0.2) is 4.79 Å². The van der Waals surface area contributed by atoms with Crippen LogP contribution in [-0.2, 0) is 9.53 Å². The molecule has 0 radical (unpaired) electrons. The lowest BCUT2D eigenvalue weighted by Crippen LogP contribution is -2.44. The molecule has 0 spiro atoms. The number of hydrogen-bond acceptors (Lipinski definition) is 4. The number of hydrogen-bond donors (Lipinski definition) is 1. The summed E-state index contributed by atoms with van der Waals surface area (Å²) in [6.45, 7) is 6.53. The molecule has 0 aromatic heterocycles. The summed E-state index contributed by atoms with van der Waals surface area (Å²) < 4.78 is 4.86. The lowest BCUT2D eigenvalue weighted by molar-refractivity contribution is -0.137. The van der Waals surface area contributed by atoms with Crippen molar-refractivity contribution in [3.63, 3.8) is 0 Å². The van der Waals surface area contributed by atoms with Crippen molar-refractivity contribution in [2.45, 2.75) is 25.8 Å². The van der Waals surface area contributed by atoms with Crippen molar-refractivity contribution in [3.8, 4) is 0 Å². The summed E-state index contributed by atoms with van der Waals surface area (Å²) in [5.41, 5.74) is 0.